The topological polar surface area (TPSA) is 80.1 Å². The fraction of sp³-hybridized carbons (Fsp3) is 0.650. The molecule has 1 unspecified atom stereocenters. The number of nitrogens with zero attached hydrogens (tertiary/aromatic N) is 2. The molecule has 0 N–H and O–H groups in total. The normalized spacial score (nSPS) is 16.0. The fourth-order valence-corrected chi connectivity index (χ4v) is 3.29. The van der Waals surface area contributed by atoms with Crippen molar-refractivity contribution in [2.45, 2.75) is 52.5 Å². The van der Waals surface area contributed by atoms with Crippen LogP contribution < -0.4 is 0 Å². The second-order valence-corrected chi connectivity index (χ2v) is 6.92. The Balaban J connectivity index is 1.87. The van der Waals surface area contributed by atoms with Crippen LogP contribution in [0.5, 0.6) is 0 Å². The summed E-state index contributed by atoms with van der Waals surface area (Å²) in [6.45, 7) is 7.66. The molecule has 1 atom stereocenters. The number of likely N-dealkylation sites (tertiary alicyclic amines) is 1. The molecular weight excluding hydrogens is 348 g/mol. The number of carbonyl (C=O) groups is 3. The molecule has 1 aromatic heterocycles. The van der Waals surface area contributed by atoms with Gasteiger partial charge >= 0.3 is 5.97 Å². The van der Waals surface area contributed by atoms with Gasteiger partial charge in [-0.2, -0.15) is 0 Å². The molecule has 27 heavy (non-hydrogen) atoms. The van der Waals surface area contributed by atoms with E-state index in [1.165, 1.54) is 12.5 Å². The number of rotatable bonds is 8. The van der Waals surface area contributed by atoms with Crippen molar-refractivity contribution in [2.24, 2.45) is 5.92 Å². The number of furan rings is 1. The molecule has 1 aromatic rings. The summed E-state index contributed by atoms with van der Waals surface area (Å²) in [4.78, 5) is 40.6. The highest BCUT2D eigenvalue weighted by Crippen LogP contribution is 2.20. The first-order chi connectivity index (χ1) is 13.0. The van der Waals surface area contributed by atoms with Crippen molar-refractivity contribution in [1.29, 1.82) is 0 Å². The molecule has 1 aliphatic heterocycles. The summed E-state index contributed by atoms with van der Waals surface area (Å²) in [5.74, 6) is -0.385. The lowest BCUT2D eigenvalue weighted by Gasteiger charge is -2.32. The monoisotopic (exact) mass is 378 g/mol. The lowest BCUT2D eigenvalue weighted by Crippen LogP contribution is -2.44. The van der Waals surface area contributed by atoms with E-state index in [0.717, 1.165) is 6.42 Å². The van der Waals surface area contributed by atoms with E-state index in [2.05, 4.69) is 0 Å². The summed E-state index contributed by atoms with van der Waals surface area (Å²) >= 11 is 0. The summed E-state index contributed by atoms with van der Waals surface area (Å²) < 4.78 is 10.1. The summed E-state index contributed by atoms with van der Waals surface area (Å²) in [6.07, 6.45) is 5.25. The van der Waals surface area contributed by atoms with Crippen molar-refractivity contribution in [3.05, 3.63) is 24.2 Å². The second kappa shape index (κ2) is 10.1. The number of hydrogen-bond donors (Lipinski definition) is 0. The average Bonchev–Trinajstić information content (AvgIpc) is 3.22. The standard InChI is InChI=1S/C20H30N2O5/c1-4-15(3)22(19(24)17-9-13-26-14-17)12-8-18(23)21-10-6-16(7-11-21)20(25)27-5-2/h9,13-16H,4-8,10-12H2,1-3H3. The quantitative estimate of drug-likeness (QED) is 0.650. The van der Waals surface area contributed by atoms with Crippen LogP contribution >= 0.6 is 0 Å². The first-order valence-electron chi connectivity index (χ1n) is 9.75. The van der Waals surface area contributed by atoms with Gasteiger partial charge in [0.1, 0.15) is 6.26 Å². The van der Waals surface area contributed by atoms with Crippen molar-refractivity contribution in [1.82, 2.24) is 9.80 Å². The summed E-state index contributed by atoms with van der Waals surface area (Å²) in [7, 11) is 0. The number of ether oxygens (including phenoxy) is 1. The molecule has 1 saturated heterocycles. The highest BCUT2D eigenvalue weighted by Gasteiger charge is 2.29. The van der Waals surface area contributed by atoms with E-state index in [0.29, 0.717) is 44.6 Å². The van der Waals surface area contributed by atoms with E-state index in [4.69, 9.17) is 9.15 Å². The van der Waals surface area contributed by atoms with Crippen LogP contribution in [-0.2, 0) is 14.3 Å². The van der Waals surface area contributed by atoms with Crippen molar-refractivity contribution in [2.75, 3.05) is 26.2 Å². The maximum absolute atomic E-state index is 12.7. The van der Waals surface area contributed by atoms with Crippen LogP contribution in [-0.4, -0.2) is 59.9 Å². The zero-order valence-electron chi connectivity index (χ0n) is 16.5. The van der Waals surface area contributed by atoms with Crippen LogP contribution in [0.4, 0.5) is 0 Å². The van der Waals surface area contributed by atoms with E-state index in [1.807, 2.05) is 13.8 Å². The highest BCUT2D eigenvalue weighted by atomic mass is 16.5. The van der Waals surface area contributed by atoms with E-state index >= 15 is 0 Å². The molecule has 2 amide bonds. The summed E-state index contributed by atoms with van der Waals surface area (Å²) in [5.41, 5.74) is 0.498. The fourth-order valence-electron chi connectivity index (χ4n) is 3.29. The highest BCUT2D eigenvalue weighted by molar-refractivity contribution is 5.94. The minimum absolute atomic E-state index is 0.0191. The van der Waals surface area contributed by atoms with Gasteiger partial charge in [0.05, 0.1) is 24.4 Å². The third-order valence-corrected chi connectivity index (χ3v) is 5.19. The van der Waals surface area contributed by atoms with Crippen LogP contribution in [0.1, 0.15) is 56.8 Å². The van der Waals surface area contributed by atoms with Gasteiger partial charge in [-0.25, -0.2) is 0 Å². The Labute approximate surface area is 160 Å². The Bertz CT molecular complexity index is 620. The minimum atomic E-state index is -0.168. The molecule has 0 bridgehead atoms. The first kappa shape index (κ1) is 21.0. The Morgan fingerprint density at radius 2 is 2.00 bits per heavy atom. The summed E-state index contributed by atoms with van der Waals surface area (Å²) in [6, 6.07) is 1.68. The molecule has 7 heteroatoms. The van der Waals surface area contributed by atoms with E-state index < -0.39 is 0 Å². The molecule has 150 valence electrons. The molecule has 0 saturated carbocycles. The number of piperidine rings is 1. The van der Waals surface area contributed by atoms with Gasteiger partial charge in [0.15, 0.2) is 0 Å². The Hall–Kier alpha value is -2.31. The number of esters is 1. The molecule has 1 aliphatic rings. The lowest BCUT2D eigenvalue weighted by molar-refractivity contribution is -0.151. The maximum Gasteiger partial charge on any atom is 0.309 e. The minimum Gasteiger partial charge on any atom is -0.472 e. The van der Waals surface area contributed by atoms with Crippen molar-refractivity contribution in [3.63, 3.8) is 0 Å². The van der Waals surface area contributed by atoms with Gasteiger partial charge in [-0.05, 0) is 39.2 Å². The van der Waals surface area contributed by atoms with Crippen LogP contribution in [0.15, 0.2) is 23.0 Å². The largest absolute Gasteiger partial charge is 0.472 e. The van der Waals surface area contributed by atoms with Gasteiger partial charge in [-0.1, -0.05) is 6.92 Å². The van der Waals surface area contributed by atoms with Gasteiger partial charge in [0.2, 0.25) is 5.91 Å². The van der Waals surface area contributed by atoms with Crippen molar-refractivity contribution in [3.8, 4) is 0 Å². The summed E-state index contributed by atoms with van der Waals surface area (Å²) in [5, 5.41) is 0. The maximum atomic E-state index is 12.7. The SMILES string of the molecule is CCOC(=O)C1CCN(C(=O)CCN(C(=O)c2ccoc2)C(C)CC)CC1. The van der Waals surface area contributed by atoms with E-state index in [-0.39, 0.29) is 36.2 Å². The molecule has 0 spiro atoms. The van der Waals surface area contributed by atoms with Crippen molar-refractivity contribution >= 4 is 17.8 Å². The molecule has 7 nitrogen and oxygen atoms in total. The van der Waals surface area contributed by atoms with E-state index in [1.54, 1.807) is 22.8 Å². The van der Waals surface area contributed by atoms with Gasteiger partial charge in [-0.3, -0.25) is 14.4 Å². The van der Waals surface area contributed by atoms with Crippen LogP contribution in [0, 0.1) is 5.92 Å². The van der Waals surface area contributed by atoms with Gasteiger partial charge in [0.25, 0.3) is 5.91 Å². The predicted octanol–water partition coefficient (Wildman–Crippen LogP) is 2.71. The lowest BCUT2D eigenvalue weighted by atomic mass is 9.97. The molecule has 0 aromatic carbocycles. The number of amides is 2. The molecule has 0 radical (unpaired) electrons. The molecular formula is C20H30N2O5. The van der Waals surface area contributed by atoms with Crippen LogP contribution in [0.3, 0.4) is 0 Å². The third kappa shape index (κ3) is 5.58. The molecule has 1 fully saturated rings. The molecule has 0 aliphatic carbocycles. The van der Waals surface area contributed by atoms with Gasteiger partial charge < -0.3 is 19.0 Å². The zero-order chi connectivity index (χ0) is 19.8. The molecule has 2 rings (SSSR count). The predicted molar refractivity (Wildman–Crippen MR) is 100 cm³/mol. The number of carbonyl (C=O) groups excluding carboxylic acids is 3. The van der Waals surface area contributed by atoms with Crippen molar-refractivity contribution < 1.29 is 23.5 Å². The molecule has 2 heterocycles. The third-order valence-electron chi connectivity index (χ3n) is 5.19. The zero-order valence-corrected chi connectivity index (χ0v) is 16.5. The average molecular weight is 378 g/mol. The number of hydrogen-bond acceptors (Lipinski definition) is 5. The van der Waals surface area contributed by atoms with Crippen LogP contribution in [0.25, 0.3) is 0 Å². The Morgan fingerprint density at radius 1 is 1.30 bits per heavy atom. The smallest absolute Gasteiger partial charge is 0.309 e. The van der Waals surface area contributed by atoms with E-state index in [9.17, 15) is 14.4 Å². The van der Waals surface area contributed by atoms with Gasteiger partial charge in [0, 0.05) is 32.1 Å². The first-order valence-corrected chi connectivity index (χ1v) is 9.75. The Kier molecular flexibility index (Phi) is 7.88. The Morgan fingerprint density at radius 3 is 2.56 bits per heavy atom. The van der Waals surface area contributed by atoms with Gasteiger partial charge in [-0.15, -0.1) is 0 Å². The van der Waals surface area contributed by atoms with Crippen LogP contribution in [0.2, 0.25) is 0 Å². The second-order valence-electron chi connectivity index (χ2n) is 6.92.